The van der Waals surface area contributed by atoms with Gasteiger partial charge in [0, 0.05) is 25.7 Å². The van der Waals surface area contributed by atoms with Crippen LogP contribution in [0.15, 0.2) is 0 Å². The molecule has 0 heterocycles. The summed E-state index contributed by atoms with van der Waals surface area (Å²) in [5, 5.41) is -3.57. The zero-order chi connectivity index (χ0) is 23.0. The van der Waals surface area contributed by atoms with Crippen molar-refractivity contribution in [1.29, 1.82) is 0 Å². The third-order valence-electron chi connectivity index (χ3n) is 3.37. The van der Waals surface area contributed by atoms with Gasteiger partial charge >= 0.3 is 35.5 Å². The smallest absolute Gasteiger partial charge is 0.281 e. The SMILES string of the molecule is O=C(Cl)CCC(F)(F)C(F)(F)C(F)(F)C(F)(F)C(F)(F)C(F)(F)CCC(=O)Cl. The van der Waals surface area contributed by atoms with E-state index in [0.29, 0.717) is 0 Å². The Bertz CT molecular complexity index is 553. The first-order chi connectivity index (χ1) is 12.1. The lowest BCUT2D eigenvalue weighted by Gasteiger charge is -2.41. The molecule has 16 heteroatoms. The Hall–Kier alpha value is -0.920. The van der Waals surface area contributed by atoms with E-state index in [9.17, 15) is 62.3 Å². The zero-order valence-electron chi connectivity index (χ0n) is 12.9. The average molecular weight is 483 g/mol. The Morgan fingerprint density at radius 2 is 0.714 bits per heavy atom. The van der Waals surface area contributed by atoms with E-state index in [-0.39, 0.29) is 0 Å². The normalized spacial score (nSPS) is 14.9. The van der Waals surface area contributed by atoms with Gasteiger partial charge in [0.1, 0.15) is 0 Å². The van der Waals surface area contributed by atoms with Gasteiger partial charge in [-0.3, -0.25) is 9.59 Å². The average Bonchev–Trinajstić information content (AvgIpc) is 2.50. The minimum atomic E-state index is -7.73. The Morgan fingerprint density at radius 3 is 0.893 bits per heavy atom. The van der Waals surface area contributed by atoms with Crippen molar-refractivity contribution in [3.05, 3.63) is 0 Å². The fourth-order valence-electron chi connectivity index (χ4n) is 1.68. The van der Waals surface area contributed by atoms with Crippen molar-refractivity contribution in [2.75, 3.05) is 0 Å². The van der Waals surface area contributed by atoms with Gasteiger partial charge in [0.15, 0.2) is 0 Å². The Labute approximate surface area is 158 Å². The molecule has 166 valence electrons. The number of halogens is 14. The van der Waals surface area contributed by atoms with Crippen LogP contribution >= 0.6 is 23.2 Å². The number of carbonyl (C=O) groups is 2. The number of rotatable bonds is 11. The predicted octanol–water partition coefficient (Wildman–Crippen LogP) is 5.89. The first kappa shape index (κ1) is 27.1. The van der Waals surface area contributed by atoms with Crippen LogP contribution in [0.25, 0.3) is 0 Å². The number of carbonyl (C=O) groups excluding carboxylic acids is 2. The van der Waals surface area contributed by atoms with Crippen LogP contribution in [-0.2, 0) is 9.59 Å². The van der Waals surface area contributed by atoms with Crippen molar-refractivity contribution >= 4 is 33.7 Å². The van der Waals surface area contributed by atoms with Gasteiger partial charge in [-0.1, -0.05) is 0 Å². The maximum Gasteiger partial charge on any atom is 0.384 e. The minimum Gasteiger partial charge on any atom is -0.281 e. The molecule has 0 rings (SSSR count). The van der Waals surface area contributed by atoms with E-state index in [2.05, 4.69) is 23.2 Å². The molecule has 0 unspecified atom stereocenters. The van der Waals surface area contributed by atoms with Crippen LogP contribution in [0.5, 0.6) is 0 Å². The van der Waals surface area contributed by atoms with Crippen LogP contribution in [0.3, 0.4) is 0 Å². The molecule has 0 aromatic rings. The van der Waals surface area contributed by atoms with Gasteiger partial charge in [0.2, 0.25) is 10.5 Å². The van der Waals surface area contributed by atoms with Crippen molar-refractivity contribution in [3.8, 4) is 0 Å². The molecule has 2 nitrogen and oxygen atoms in total. The number of hydrogen-bond acceptors (Lipinski definition) is 2. The van der Waals surface area contributed by atoms with Crippen molar-refractivity contribution in [2.45, 2.75) is 61.2 Å². The van der Waals surface area contributed by atoms with E-state index in [4.69, 9.17) is 0 Å². The summed E-state index contributed by atoms with van der Waals surface area (Å²) in [5.41, 5.74) is 0. The maximum atomic E-state index is 13.4. The molecule has 0 bridgehead atoms. The Morgan fingerprint density at radius 1 is 0.500 bits per heavy atom. The van der Waals surface area contributed by atoms with Crippen LogP contribution in [0, 0.1) is 0 Å². The lowest BCUT2D eigenvalue weighted by Crippen LogP contribution is -2.70. The lowest BCUT2D eigenvalue weighted by molar-refractivity contribution is -0.425. The second-order valence-electron chi connectivity index (χ2n) is 5.42. The fourth-order valence-corrected chi connectivity index (χ4v) is 1.87. The molecule has 0 radical (unpaired) electrons. The summed E-state index contributed by atoms with van der Waals surface area (Å²) in [6, 6.07) is 0. The Balaban J connectivity index is 6.12. The van der Waals surface area contributed by atoms with E-state index < -0.39 is 71.7 Å². The largest absolute Gasteiger partial charge is 0.384 e. The molecular weight excluding hydrogens is 475 g/mol. The summed E-state index contributed by atoms with van der Waals surface area (Å²) in [7, 11) is 0. The molecule has 0 aliphatic heterocycles. The van der Waals surface area contributed by atoms with E-state index in [1.807, 2.05) is 0 Å². The summed E-state index contributed by atoms with van der Waals surface area (Å²) in [4.78, 5) is 20.6. The monoisotopic (exact) mass is 482 g/mol. The molecule has 0 aliphatic carbocycles. The first-order valence-electron chi connectivity index (χ1n) is 6.72. The molecule has 0 N–H and O–H groups in total. The molecule has 0 aromatic carbocycles. The molecule has 0 saturated heterocycles. The molecule has 28 heavy (non-hydrogen) atoms. The highest BCUT2D eigenvalue weighted by atomic mass is 35.5. The third-order valence-corrected chi connectivity index (χ3v) is 3.75. The summed E-state index contributed by atoms with van der Waals surface area (Å²) in [6.45, 7) is 0. The summed E-state index contributed by atoms with van der Waals surface area (Å²) in [5.74, 6) is -42.5. The van der Waals surface area contributed by atoms with E-state index in [0.717, 1.165) is 0 Å². The van der Waals surface area contributed by atoms with Crippen molar-refractivity contribution in [3.63, 3.8) is 0 Å². The van der Waals surface area contributed by atoms with E-state index >= 15 is 0 Å². The van der Waals surface area contributed by atoms with Crippen LogP contribution < -0.4 is 0 Å². The number of hydrogen-bond donors (Lipinski definition) is 0. The van der Waals surface area contributed by atoms with Gasteiger partial charge < -0.3 is 0 Å². The summed E-state index contributed by atoms with van der Waals surface area (Å²) in [6.07, 6.45) is -8.65. The Kier molecular flexibility index (Phi) is 7.81. The van der Waals surface area contributed by atoms with Crippen LogP contribution in [-0.4, -0.2) is 46.0 Å². The molecule has 0 spiro atoms. The van der Waals surface area contributed by atoms with Gasteiger partial charge in [-0.25, -0.2) is 0 Å². The second kappa shape index (κ2) is 8.07. The van der Waals surface area contributed by atoms with Gasteiger partial charge in [0.05, 0.1) is 0 Å². The zero-order valence-corrected chi connectivity index (χ0v) is 14.4. The number of alkyl halides is 12. The standard InChI is InChI=1S/C12H8Cl2F12O2/c13-5(27)1-3-7(15,16)9(19,20)11(23,24)12(25,26)10(21,22)8(17,18)4-2-6(14)28/h1-4H2. The van der Waals surface area contributed by atoms with Gasteiger partial charge in [-0.15, -0.1) is 0 Å². The highest BCUT2D eigenvalue weighted by Crippen LogP contribution is 2.61. The highest BCUT2D eigenvalue weighted by molar-refractivity contribution is 6.63. The maximum absolute atomic E-state index is 13.4. The fraction of sp³-hybridized carbons (Fsp3) is 0.833. The van der Waals surface area contributed by atoms with Crippen molar-refractivity contribution in [2.24, 2.45) is 0 Å². The van der Waals surface area contributed by atoms with Crippen LogP contribution in [0.2, 0.25) is 0 Å². The molecule has 0 atom stereocenters. The first-order valence-corrected chi connectivity index (χ1v) is 7.47. The van der Waals surface area contributed by atoms with Crippen molar-refractivity contribution in [1.82, 2.24) is 0 Å². The van der Waals surface area contributed by atoms with Crippen molar-refractivity contribution < 1.29 is 62.3 Å². The molecule has 0 aromatic heterocycles. The van der Waals surface area contributed by atoms with Crippen LogP contribution in [0.4, 0.5) is 52.7 Å². The molecule has 0 saturated carbocycles. The molecule has 0 aliphatic rings. The van der Waals surface area contributed by atoms with Gasteiger partial charge in [-0.05, 0) is 23.2 Å². The second-order valence-corrected chi connectivity index (χ2v) is 6.26. The predicted molar refractivity (Wildman–Crippen MR) is 69.9 cm³/mol. The quantitative estimate of drug-likeness (QED) is 0.272. The van der Waals surface area contributed by atoms with E-state index in [1.165, 1.54) is 0 Å². The van der Waals surface area contributed by atoms with Gasteiger partial charge in [0.25, 0.3) is 0 Å². The topological polar surface area (TPSA) is 34.1 Å². The van der Waals surface area contributed by atoms with Gasteiger partial charge in [-0.2, -0.15) is 52.7 Å². The lowest BCUT2D eigenvalue weighted by atomic mass is 9.89. The molecule has 0 amide bonds. The minimum absolute atomic E-state index is 1.75. The highest BCUT2D eigenvalue weighted by Gasteiger charge is 2.89. The summed E-state index contributed by atoms with van der Waals surface area (Å²) >= 11 is 9.04. The van der Waals surface area contributed by atoms with E-state index in [1.54, 1.807) is 0 Å². The molecular formula is C12H8Cl2F12O2. The van der Waals surface area contributed by atoms with Crippen LogP contribution in [0.1, 0.15) is 25.7 Å². The summed E-state index contributed by atoms with van der Waals surface area (Å²) < 4.78 is 160. The third kappa shape index (κ3) is 4.62. The molecule has 0 fully saturated rings.